The minimum atomic E-state index is -0.0159. The Morgan fingerprint density at radius 1 is 1.21 bits per heavy atom. The van der Waals surface area contributed by atoms with Gasteiger partial charge in [-0.3, -0.25) is 19.0 Å². The lowest BCUT2D eigenvalue weighted by Gasteiger charge is -2.34. The number of aryl methyl sites for hydroxylation is 3. The highest BCUT2D eigenvalue weighted by Gasteiger charge is 2.21. The number of aromatic nitrogens is 5. The van der Waals surface area contributed by atoms with Crippen LogP contribution in [0.4, 0.5) is 5.69 Å². The first-order valence-electron chi connectivity index (χ1n) is 11.2. The van der Waals surface area contributed by atoms with Gasteiger partial charge in [-0.25, -0.2) is 4.98 Å². The largest absolute Gasteiger partial charge is 0.382 e. The van der Waals surface area contributed by atoms with E-state index in [4.69, 9.17) is 14.5 Å². The Bertz CT molecular complexity index is 1360. The molecule has 0 amide bonds. The number of ether oxygens (including phenoxy) is 2. The van der Waals surface area contributed by atoms with Crippen molar-refractivity contribution in [1.82, 2.24) is 24.3 Å². The second-order valence-electron chi connectivity index (χ2n) is 8.48. The summed E-state index contributed by atoms with van der Waals surface area (Å²) in [5, 5.41) is 4.87. The third-order valence-corrected chi connectivity index (χ3v) is 6.27. The molecular formula is C24H28N6O3. The molecule has 0 bridgehead atoms. The monoisotopic (exact) mass is 448 g/mol. The molecule has 9 heteroatoms. The van der Waals surface area contributed by atoms with E-state index in [1.54, 1.807) is 17.9 Å². The second kappa shape index (κ2) is 8.92. The molecule has 0 spiro atoms. The maximum absolute atomic E-state index is 13.3. The molecule has 0 saturated carbocycles. The molecule has 1 aliphatic rings. The van der Waals surface area contributed by atoms with Crippen LogP contribution < -0.4 is 10.5 Å². The highest BCUT2D eigenvalue weighted by Crippen LogP contribution is 2.22. The van der Waals surface area contributed by atoms with Crippen LogP contribution in [0.25, 0.3) is 21.9 Å². The number of hydrogen-bond donors (Lipinski definition) is 0. The van der Waals surface area contributed by atoms with Crippen LogP contribution in [0.5, 0.6) is 0 Å². The van der Waals surface area contributed by atoms with E-state index in [9.17, 15) is 4.79 Å². The van der Waals surface area contributed by atoms with Crippen LogP contribution in [-0.2, 0) is 29.5 Å². The number of benzene rings is 1. The molecule has 1 aliphatic heterocycles. The molecule has 0 unspecified atom stereocenters. The van der Waals surface area contributed by atoms with Crippen molar-refractivity contribution in [3.8, 4) is 0 Å². The number of anilines is 1. The number of pyridine rings is 1. The van der Waals surface area contributed by atoms with Crippen LogP contribution in [0.15, 0.2) is 41.5 Å². The van der Waals surface area contributed by atoms with Crippen molar-refractivity contribution in [2.45, 2.75) is 26.0 Å². The van der Waals surface area contributed by atoms with Gasteiger partial charge in [-0.2, -0.15) is 5.10 Å². The van der Waals surface area contributed by atoms with Crippen molar-refractivity contribution < 1.29 is 9.47 Å². The standard InChI is InChI=1S/C24H28N6O3/c1-16-27-21-11-18(29-8-9-33-19(14-29)15-32-3)4-5-20(21)24(31)30(16)7-6-17-10-23-22(25-12-17)13-26-28(23)2/h4-5,10-13,19H,6-9,14-15H2,1-3H3/t19-/m1/s1. The summed E-state index contributed by atoms with van der Waals surface area (Å²) in [4.78, 5) is 24.8. The molecule has 0 N–H and O–H groups in total. The molecule has 172 valence electrons. The first-order chi connectivity index (χ1) is 16.0. The molecule has 1 atom stereocenters. The number of fused-ring (bicyclic) bond motifs is 2. The number of morpholine rings is 1. The SMILES string of the molecule is COC[C@H]1CN(c2ccc3c(=O)n(CCc4cnc5cnn(C)c5c4)c(C)nc3c2)CCO1. The summed E-state index contributed by atoms with van der Waals surface area (Å²) >= 11 is 0. The number of hydrogen-bond acceptors (Lipinski definition) is 7. The van der Waals surface area contributed by atoms with E-state index >= 15 is 0 Å². The fourth-order valence-corrected chi connectivity index (χ4v) is 4.47. The maximum Gasteiger partial charge on any atom is 0.261 e. The van der Waals surface area contributed by atoms with E-state index in [0.717, 1.165) is 40.9 Å². The summed E-state index contributed by atoms with van der Waals surface area (Å²) in [6.45, 7) is 5.21. The Morgan fingerprint density at radius 3 is 2.94 bits per heavy atom. The van der Waals surface area contributed by atoms with Crippen molar-refractivity contribution in [2.24, 2.45) is 7.05 Å². The van der Waals surface area contributed by atoms with E-state index < -0.39 is 0 Å². The zero-order chi connectivity index (χ0) is 22.9. The van der Waals surface area contributed by atoms with Gasteiger partial charge in [-0.05, 0) is 43.2 Å². The van der Waals surface area contributed by atoms with E-state index in [2.05, 4.69) is 21.0 Å². The Kier molecular flexibility index (Phi) is 5.82. The minimum Gasteiger partial charge on any atom is -0.382 e. The molecule has 0 aliphatic carbocycles. The quantitative estimate of drug-likeness (QED) is 0.446. The summed E-state index contributed by atoms with van der Waals surface area (Å²) in [6.07, 6.45) is 4.34. The zero-order valence-electron chi connectivity index (χ0n) is 19.2. The average molecular weight is 449 g/mol. The van der Waals surface area contributed by atoms with Gasteiger partial charge < -0.3 is 14.4 Å². The molecule has 1 saturated heterocycles. The van der Waals surface area contributed by atoms with Gasteiger partial charge in [0.25, 0.3) is 5.56 Å². The van der Waals surface area contributed by atoms with E-state index in [0.29, 0.717) is 37.4 Å². The maximum atomic E-state index is 13.3. The van der Waals surface area contributed by atoms with Gasteiger partial charge in [0.15, 0.2) is 0 Å². The fraction of sp³-hybridized carbons (Fsp3) is 0.417. The van der Waals surface area contributed by atoms with Crippen LogP contribution >= 0.6 is 0 Å². The lowest BCUT2D eigenvalue weighted by molar-refractivity contribution is -0.0100. The third-order valence-electron chi connectivity index (χ3n) is 6.27. The Hall–Kier alpha value is -3.30. The topological polar surface area (TPSA) is 87.3 Å². The summed E-state index contributed by atoms with van der Waals surface area (Å²) < 4.78 is 14.6. The van der Waals surface area contributed by atoms with Crippen LogP contribution in [0.2, 0.25) is 0 Å². The van der Waals surface area contributed by atoms with Gasteiger partial charge in [-0.15, -0.1) is 0 Å². The molecule has 9 nitrogen and oxygen atoms in total. The predicted octanol–water partition coefficient (Wildman–Crippen LogP) is 2.08. The van der Waals surface area contributed by atoms with Crippen LogP contribution in [0, 0.1) is 6.92 Å². The van der Waals surface area contributed by atoms with Crippen molar-refractivity contribution >= 4 is 27.6 Å². The Labute approximate surface area is 191 Å². The lowest BCUT2D eigenvalue weighted by atomic mass is 10.1. The number of nitrogens with zero attached hydrogens (tertiary/aromatic N) is 6. The van der Waals surface area contributed by atoms with E-state index in [-0.39, 0.29) is 11.7 Å². The first-order valence-corrected chi connectivity index (χ1v) is 11.2. The van der Waals surface area contributed by atoms with Crippen molar-refractivity contribution in [3.63, 3.8) is 0 Å². The zero-order valence-corrected chi connectivity index (χ0v) is 19.2. The molecule has 0 radical (unpaired) electrons. The molecule has 33 heavy (non-hydrogen) atoms. The summed E-state index contributed by atoms with van der Waals surface area (Å²) in [5.41, 5.74) is 4.66. The predicted molar refractivity (Wildman–Crippen MR) is 127 cm³/mol. The smallest absolute Gasteiger partial charge is 0.261 e. The van der Waals surface area contributed by atoms with Gasteiger partial charge in [0.2, 0.25) is 0 Å². The van der Waals surface area contributed by atoms with Crippen LogP contribution in [-0.4, -0.2) is 63.8 Å². The van der Waals surface area contributed by atoms with Crippen molar-refractivity contribution in [2.75, 3.05) is 38.3 Å². The summed E-state index contributed by atoms with van der Waals surface area (Å²) in [7, 11) is 3.59. The highest BCUT2D eigenvalue weighted by atomic mass is 16.5. The van der Waals surface area contributed by atoms with Crippen molar-refractivity contribution in [1.29, 1.82) is 0 Å². The normalized spacial score (nSPS) is 16.7. The van der Waals surface area contributed by atoms with E-state index in [1.807, 2.05) is 43.0 Å². The van der Waals surface area contributed by atoms with Crippen LogP contribution in [0.1, 0.15) is 11.4 Å². The molecule has 3 aromatic heterocycles. The van der Waals surface area contributed by atoms with Gasteiger partial charge in [0, 0.05) is 45.7 Å². The Balaban J connectivity index is 1.39. The molecule has 1 aromatic carbocycles. The van der Waals surface area contributed by atoms with E-state index in [1.165, 1.54) is 0 Å². The summed E-state index contributed by atoms with van der Waals surface area (Å²) in [6, 6.07) is 7.97. The van der Waals surface area contributed by atoms with Gasteiger partial charge in [0.1, 0.15) is 11.3 Å². The van der Waals surface area contributed by atoms with Gasteiger partial charge in [0.05, 0.1) is 41.9 Å². The van der Waals surface area contributed by atoms with Gasteiger partial charge >= 0.3 is 0 Å². The molecule has 1 fully saturated rings. The molecule has 4 heterocycles. The van der Waals surface area contributed by atoms with Crippen LogP contribution in [0.3, 0.4) is 0 Å². The van der Waals surface area contributed by atoms with Crippen molar-refractivity contribution in [3.05, 3.63) is 58.4 Å². The highest BCUT2D eigenvalue weighted by molar-refractivity contribution is 5.81. The lowest BCUT2D eigenvalue weighted by Crippen LogP contribution is -2.44. The first kappa shape index (κ1) is 21.5. The second-order valence-corrected chi connectivity index (χ2v) is 8.48. The molecule has 5 rings (SSSR count). The fourth-order valence-electron chi connectivity index (χ4n) is 4.47. The minimum absolute atomic E-state index is 0.0159. The molecule has 4 aromatic rings. The average Bonchev–Trinajstić information content (AvgIpc) is 3.19. The number of rotatable bonds is 6. The third kappa shape index (κ3) is 4.21. The van der Waals surface area contributed by atoms with Gasteiger partial charge in [-0.1, -0.05) is 0 Å². The molecular weight excluding hydrogens is 420 g/mol. The number of methoxy groups -OCH3 is 1. The summed E-state index contributed by atoms with van der Waals surface area (Å²) in [5.74, 6) is 0.707. The Morgan fingerprint density at radius 2 is 2.09 bits per heavy atom.